The lowest BCUT2D eigenvalue weighted by atomic mass is 9.82. The SMILES string of the molecule is CN(C)CCCC1(c2ccc(F)cc2)OCc2cc(Cl)ccc21. The fraction of sp³-hybridized carbons (Fsp3) is 0.368. The van der Waals surface area contributed by atoms with Crippen LogP contribution in [-0.4, -0.2) is 25.5 Å². The number of fused-ring (bicyclic) bond motifs is 1. The Balaban J connectivity index is 2.00. The predicted molar refractivity (Wildman–Crippen MR) is 91.2 cm³/mol. The molecule has 0 N–H and O–H groups in total. The molecule has 0 aliphatic carbocycles. The zero-order valence-corrected chi connectivity index (χ0v) is 14.2. The van der Waals surface area contributed by atoms with E-state index in [1.807, 2.05) is 30.3 Å². The Kier molecular flexibility index (Phi) is 4.72. The summed E-state index contributed by atoms with van der Waals surface area (Å²) in [5.41, 5.74) is 2.75. The van der Waals surface area contributed by atoms with Crippen LogP contribution in [0.3, 0.4) is 0 Å². The molecule has 1 unspecified atom stereocenters. The Morgan fingerprint density at radius 3 is 2.61 bits per heavy atom. The molecule has 1 atom stereocenters. The van der Waals surface area contributed by atoms with Crippen LogP contribution in [0.2, 0.25) is 5.02 Å². The van der Waals surface area contributed by atoms with E-state index >= 15 is 0 Å². The molecule has 122 valence electrons. The molecule has 0 bridgehead atoms. The Hall–Kier alpha value is -1.42. The second-order valence-corrected chi connectivity index (χ2v) is 6.77. The maximum absolute atomic E-state index is 13.3. The minimum absolute atomic E-state index is 0.230. The molecule has 0 amide bonds. The summed E-state index contributed by atoms with van der Waals surface area (Å²) in [6.07, 6.45) is 1.85. The normalized spacial score (nSPS) is 20.0. The van der Waals surface area contributed by atoms with Gasteiger partial charge in [0.05, 0.1) is 6.61 Å². The van der Waals surface area contributed by atoms with Crippen molar-refractivity contribution in [2.45, 2.75) is 25.0 Å². The molecule has 0 saturated heterocycles. The number of halogens is 2. The maximum atomic E-state index is 13.3. The van der Waals surface area contributed by atoms with Gasteiger partial charge in [0.25, 0.3) is 0 Å². The van der Waals surface area contributed by atoms with Gasteiger partial charge in [-0.2, -0.15) is 0 Å². The van der Waals surface area contributed by atoms with Crippen LogP contribution in [-0.2, 0) is 16.9 Å². The van der Waals surface area contributed by atoms with Crippen LogP contribution in [0.4, 0.5) is 4.39 Å². The summed E-state index contributed by atoms with van der Waals surface area (Å²) in [5.74, 6) is -0.230. The second kappa shape index (κ2) is 6.60. The Bertz CT molecular complexity index is 686. The monoisotopic (exact) mass is 333 g/mol. The Labute approximate surface area is 141 Å². The van der Waals surface area contributed by atoms with Crippen molar-refractivity contribution in [2.24, 2.45) is 0 Å². The zero-order chi connectivity index (χ0) is 16.4. The molecule has 1 aliphatic heterocycles. The van der Waals surface area contributed by atoms with Gasteiger partial charge in [-0.05, 0) is 74.4 Å². The lowest BCUT2D eigenvalue weighted by molar-refractivity contribution is -0.0140. The molecule has 0 saturated carbocycles. The fourth-order valence-corrected chi connectivity index (χ4v) is 3.50. The third-order valence-corrected chi connectivity index (χ3v) is 4.66. The highest BCUT2D eigenvalue weighted by Gasteiger charge is 2.41. The highest BCUT2D eigenvalue weighted by molar-refractivity contribution is 6.30. The van der Waals surface area contributed by atoms with Crippen molar-refractivity contribution in [3.8, 4) is 0 Å². The Morgan fingerprint density at radius 1 is 1.17 bits per heavy atom. The van der Waals surface area contributed by atoms with Crippen molar-refractivity contribution in [2.75, 3.05) is 20.6 Å². The molecule has 0 aromatic heterocycles. The average molecular weight is 334 g/mol. The first-order valence-corrected chi connectivity index (χ1v) is 8.23. The first-order valence-electron chi connectivity index (χ1n) is 7.85. The number of nitrogens with zero attached hydrogens (tertiary/aromatic N) is 1. The maximum Gasteiger partial charge on any atom is 0.123 e. The third kappa shape index (κ3) is 3.27. The van der Waals surface area contributed by atoms with Gasteiger partial charge in [0.2, 0.25) is 0 Å². The summed E-state index contributed by atoms with van der Waals surface area (Å²) in [7, 11) is 4.13. The molecule has 2 aromatic carbocycles. The molecule has 2 nitrogen and oxygen atoms in total. The van der Waals surface area contributed by atoms with Gasteiger partial charge in [0.1, 0.15) is 11.4 Å². The van der Waals surface area contributed by atoms with Crippen molar-refractivity contribution >= 4 is 11.6 Å². The summed E-state index contributed by atoms with van der Waals surface area (Å²) < 4.78 is 19.6. The van der Waals surface area contributed by atoms with E-state index in [1.54, 1.807) is 0 Å². The van der Waals surface area contributed by atoms with Crippen LogP contribution < -0.4 is 0 Å². The van der Waals surface area contributed by atoms with Gasteiger partial charge in [0.15, 0.2) is 0 Å². The van der Waals surface area contributed by atoms with E-state index in [0.29, 0.717) is 6.61 Å². The number of hydrogen-bond acceptors (Lipinski definition) is 2. The van der Waals surface area contributed by atoms with Crippen molar-refractivity contribution in [1.29, 1.82) is 0 Å². The van der Waals surface area contributed by atoms with Crippen molar-refractivity contribution in [3.05, 3.63) is 70.0 Å². The van der Waals surface area contributed by atoms with Crippen molar-refractivity contribution in [3.63, 3.8) is 0 Å². The average Bonchev–Trinajstić information content (AvgIpc) is 2.87. The first kappa shape index (κ1) is 16.4. The van der Waals surface area contributed by atoms with Gasteiger partial charge in [-0.3, -0.25) is 0 Å². The summed E-state index contributed by atoms with van der Waals surface area (Å²) in [5, 5.41) is 0.718. The highest BCUT2D eigenvalue weighted by atomic mass is 35.5. The van der Waals surface area contributed by atoms with Gasteiger partial charge in [0, 0.05) is 5.02 Å². The smallest absolute Gasteiger partial charge is 0.123 e. The highest BCUT2D eigenvalue weighted by Crippen LogP contribution is 2.45. The van der Waals surface area contributed by atoms with E-state index in [0.717, 1.165) is 41.1 Å². The number of rotatable bonds is 5. The lowest BCUT2D eigenvalue weighted by Gasteiger charge is -2.31. The topological polar surface area (TPSA) is 12.5 Å². The van der Waals surface area contributed by atoms with Crippen LogP contribution in [0.25, 0.3) is 0 Å². The molecular formula is C19H21ClFNO. The van der Waals surface area contributed by atoms with E-state index < -0.39 is 5.60 Å². The standard InChI is InChI=1S/C19H21ClFNO/c1-22(2)11-3-10-19(15-4-7-17(21)8-5-15)18-9-6-16(20)12-14(18)13-23-19/h4-9,12H,3,10-11,13H2,1-2H3. The first-order chi connectivity index (χ1) is 11.0. The minimum Gasteiger partial charge on any atom is -0.361 e. The molecule has 3 rings (SSSR count). The van der Waals surface area contributed by atoms with Crippen molar-refractivity contribution < 1.29 is 9.13 Å². The molecule has 1 heterocycles. The van der Waals surface area contributed by atoms with Gasteiger partial charge in [-0.1, -0.05) is 29.8 Å². The van der Waals surface area contributed by atoms with E-state index in [-0.39, 0.29) is 5.82 Å². The molecule has 23 heavy (non-hydrogen) atoms. The molecule has 2 aromatic rings. The minimum atomic E-state index is -0.510. The van der Waals surface area contributed by atoms with E-state index in [2.05, 4.69) is 19.0 Å². The van der Waals surface area contributed by atoms with Crippen LogP contribution in [0.1, 0.15) is 29.5 Å². The zero-order valence-electron chi connectivity index (χ0n) is 13.5. The quantitative estimate of drug-likeness (QED) is 0.793. The molecule has 0 fully saturated rings. The summed E-state index contributed by atoms with van der Waals surface area (Å²) in [6, 6.07) is 12.6. The number of ether oxygens (including phenoxy) is 1. The fourth-order valence-electron chi connectivity index (χ4n) is 3.31. The molecular weight excluding hydrogens is 313 g/mol. The van der Waals surface area contributed by atoms with E-state index in [9.17, 15) is 4.39 Å². The van der Waals surface area contributed by atoms with Gasteiger partial charge in [-0.15, -0.1) is 0 Å². The molecule has 4 heteroatoms. The van der Waals surface area contributed by atoms with Crippen LogP contribution in [0.15, 0.2) is 42.5 Å². The summed E-state index contributed by atoms with van der Waals surface area (Å²) in [6.45, 7) is 1.52. The van der Waals surface area contributed by atoms with Crippen LogP contribution >= 0.6 is 11.6 Å². The molecule has 1 aliphatic rings. The van der Waals surface area contributed by atoms with Gasteiger partial charge in [-0.25, -0.2) is 4.39 Å². The second-order valence-electron chi connectivity index (χ2n) is 6.33. The summed E-state index contributed by atoms with van der Waals surface area (Å²) >= 11 is 6.12. The molecule has 0 radical (unpaired) electrons. The Morgan fingerprint density at radius 2 is 1.91 bits per heavy atom. The van der Waals surface area contributed by atoms with Crippen LogP contribution in [0.5, 0.6) is 0 Å². The van der Waals surface area contributed by atoms with E-state index in [1.165, 1.54) is 12.1 Å². The summed E-state index contributed by atoms with van der Waals surface area (Å²) in [4.78, 5) is 2.16. The largest absolute Gasteiger partial charge is 0.361 e. The van der Waals surface area contributed by atoms with Gasteiger partial charge < -0.3 is 9.64 Å². The molecule has 0 spiro atoms. The van der Waals surface area contributed by atoms with E-state index in [4.69, 9.17) is 16.3 Å². The third-order valence-electron chi connectivity index (χ3n) is 4.42. The van der Waals surface area contributed by atoms with Crippen LogP contribution in [0, 0.1) is 5.82 Å². The van der Waals surface area contributed by atoms with Gasteiger partial charge >= 0.3 is 0 Å². The lowest BCUT2D eigenvalue weighted by Crippen LogP contribution is -2.28. The number of hydrogen-bond donors (Lipinski definition) is 0. The van der Waals surface area contributed by atoms with Crippen molar-refractivity contribution in [1.82, 2.24) is 4.90 Å². The number of benzene rings is 2. The predicted octanol–water partition coefficient (Wildman–Crippen LogP) is 4.59.